The van der Waals surface area contributed by atoms with E-state index >= 15 is 0 Å². The molecule has 1 aliphatic carbocycles. The third-order valence-electron chi connectivity index (χ3n) is 5.73. The van der Waals surface area contributed by atoms with Crippen LogP contribution in [0.2, 0.25) is 0 Å². The number of benzene rings is 1. The Morgan fingerprint density at radius 2 is 1.87 bits per heavy atom. The lowest BCUT2D eigenvalue weighted by Crippen LogP contribution is -2.55. The number of hydrogen-bond acceptors (Lipinski definition) is 9. The van der Waals surface area contributed by atoms with E-state index in [1.54, 1.807) is 38.3 Å². The van der Waals surface area contributed by atoms with Crippen molar-refractivity contribution in [3.8, 4) is 5.75 Å². The molecule has 7 atom stereocenters. The van der Waals surface area contributed by atoms with E-state index in [0.29, 0.717) is 5.75 Å². The normalized spacial score (nSPS) is 34.5. The molecule has 3 aliphatic rings. The van der Waals surface area contributed by atoms with Gasteiger partial charge in [0.1, 0.15) is 24.1 Å². The van der Waals surface area contributed by atoms with Crippen molar-refractivity contribution < 1.29 is 41.1 Å². The molecule has 10 nitrogen and oxygen atoms in total. The zero-order valence-corrected chi connectivity index (χ0v) is 18.6. The number of fused-ring (bicyclic) bond motifs is 2. The highest BCUT2D eigenvalue weighted by Gasteiger charge is 2.69. The van der Waals surface area contributed by atoms with E-state index in [2.05, 4.69) is 0 Å². The Kier molecular flexibility index (Phi) is 6.25. The molecule has 4 unspecified atom stereocenters. The molecule has 172 valence electrons. The second kappa shape index (κ2) is 8.64. The standard InChI is InChI=1S/C20H27NO9S/c1-5-26-19(22)15-14-17(15)28-13-10-27-20(11-6-8-12(25-4)9-7-11)29-16(13)18(14)30-31(23,24)21(2)3/h6-9,13-18,20H,5,10H2,1-4H3/t13-,14?,15?,16-,17?,18-,20?/m1/s1. The van der Waals surface area contributed by atoms with Crippen LogP contribution in [0.1, 0.15) is 18.8 Å². The van der Waals surface area contributed by atoms with Crippen LogP contribution in [0.25, 0.3) is 0 Å². The topological polar surface area (TPSA) is 110 Å². The van der Waals surface area contributed by atoms with Gasteiger partial charge in [0.25, 0.3) is 0 Å². The van der Waals surface area contributed by atoms with Crippen molar-refractivity contribution in [2.75, 3.05) is 34.4 Å². The maximum Gasteiger partial charge on any atom is 0.338 e. The molecule has 1 aromatic carbocycles. The monoisotopic (exact) mass is 457 g/mol. The quantitative estimate of drug-likeness (QED) is 0.551. The number of carbonyl (C=O) groups excluding carboxylic acids is 1. The van der Waals surface area contributed by atoms with Crippen molar-refractivity contribution in [3.05, 3.63) is 29.8 Å². The highest BCUT2D eigenvalue weighted by atomic mass is 32.2. The van der Waals surface area contributed by atoms with Gasteiger partial charge in [-0.15, -0.1) is 0 Å². The van der Waals surface area contributed by atoms with Crippen LogP contribution in [0.4, 0.5) is 0 Å². The molecule has 2 saturated heterocycles. The summed E-state index contributed by atoms with van der Waals surface area (Å²) in [6.45, 7) is 2.11. The molecule has 3 fully saturated rings. The molecule has 0 spiro atoms. The Morgan fingerprint density at radius 1 is 1.16 bits per heavy atom. The first-order chi connectivity index (χ1) is 14.8. The molecule has 0 radical (unpaired) electrons. The molecular weight excluding hydrogens is 430 g/mol. The predicted molar refractivity (Wildman–Crippen MR) is 106 cm³/mol. The number of carbonyl (C=O) groups is 1. The first-order valence-corrected chi connectivity index (χ1v) is 11.5. The van der Waals surface area contributed by atoms with Crippen LogP contribution in [-0.2, 0) is 38.2 Å². The van der Waals surface area contributed by atoms with Crippen molar-refractivity contribution in [1.82, 2.24) is 4.31 Å². The molecule has 0 aromatic heterocycles. The van der Waals surface area contributed by atoms with Gasteiger partial charge in [-0.25, -0.2) is 0 Å². The molecule has 1 saturated carbocycles. The SMILES string of the molecule is CCOC(=O)C1C2O[C@@H]3COC(c4ccc(OC)cc4)O[C@H]3[C@H](OS(=O)(=O)N(C)C)C21. The van der Waals surface area contributed by atoms with Gasteiger partial charge in [0, 0.05) is 25.6 Å². The number of esters is 1. The van der Waals surface area contributed by atoms with Crippen LogP contribution >= 0.6 is 0 Å². The van der Waals surface area contributed by atoms with E-state index in [1.807, 2.05) is 0 Å². The zero-order chi connectivity index (χ0) is 22.3. The fourth-order valence-corrected chi connectivity index (χ4v) is 4.75. The van der Waals surface area contributed by atoms with Crippen LogP contribution in [0.15, 0.2) is 24.3 Å². The highest BCUT2D eigenvalue weighted by molar-refractivity contribution is 7.84. The van der Waals surface area contributed by atoms with Crippen LogP contribution in [0.3, 0.4) is 0 Å². The lowest BCUT2D eigenvalue weighted by atomic mass is 9.99. The summed E-state index contributed by atoms with van der Waals surface area (Å²) >= 11 is 0. The third-order valence-corrected chi connectivity index (χ3v) is 7.09. The summed E-state index contributed by atoms with van der Waals surface area (Å²) in [5, 5.41) is 0. The van der Waals surface area contributed by atoms with Gasteiger partial charge in [0.15, 0.2) is 6.29 Å². The predicted octanol–water partition coefficient (Wildman–Crippen LogP) is 0.877. The minimum atomic E-state index is -4.02. The van der Waals surface area contributed by atoms with Crippen molar-refractivity contribution in [1.29, 1.82) is 0 Å². The van der Waals surface area contributed by atoms with E-state index in [0.717, 1.165) is 9.87 Å². The van der Waals surface area contributed by atoms with Gasteiger partial charge < -0.3 is 23.7 Å². The van der Waals surface area contributed by atoms with Gasteiger partial charge in [-0.2, -0.15) is 12.7 Å². The highest BCUT2D eigenvalue weighted by Crippen LogP contribution is 2.54. The van der Waals surface area contributed by atoms with E-state index in [9.17, 15) is 13.2 Å². The Bertz CT molecular complexity index is 904. The lowest BCUT2D eigenvalue weighted by Gasteiger charge is -2.42. The van der Waals surface area contributed by atoms with Crippen molar-refractivity contribution in [2.45, 2.75) is 37.6 Å². The van der Waals surface area contributed by atoms with Gasteiger partial charge in [-0.3, -0.25) is 8.98 Å². The Labute approximate surface area is 181 Å². The molecule has 0 bridgehead atoms. The van der Waals surface area contributed by atoms with Crippen LogP contribution in [-0.4, -0.2) is 77.5 Å². The zero-order valence-electron chi connectivity index (χ0n) is 17.8. The van der Waals surface area contributed by atoms with Crippen molar-refractivity contribution in [2.24, 2.45) is 11.8 Å². The number of hydrogen-bond donors (Lipinski definition) is 0. The number of methoxy groups -OCH3 is 1. The summed E-state index contributed by atoms with van der Waals surface area (Å²) < 4.78 is 59.8. The molecule has 2 aliphatic heterocycles. The fourth-order valence-electron chi connectivity index (χ4n) is 4.06. The molecule has 11 heteroatoms. The first kappa shape index (κ1) is 22.4. The summed E-state index contributed by atoms with van der Waals surface area (Å²) in [5.74, 6) is -0.824. The van der Waals surface area contributed by atoms with Crippen molar-refractivity contribution >= 4 is 16.3 Å². The first-order valence-electron chi connectivity index (χ1n) is 10.1. The summed E-state index contributed by atoms with van der Waals surface area (Å²) in [4.78, 5) is 12.4. The Balaban J connectivity index is 1.58. The second-order valence-corrected chi connectivity index (χ2v) is 9.61. The Hall–Kier alpha value is -1.76. The van der Waals surface area contributed by atoms with Crippen molar-refractivity contribution in [3.63, 3.8) is 0 Å². The summed E-state index contributed by atoms with van der Waals surface area (Å²) in [6.07, 6.45) is -3.45. The fraction of sp³-hybridized carbons (Fsp3) is 0.650. The van der Waals surface area contributed by atoms with E-state index < -0.39 is 58.8 Å². The molecule has 2 heterocycles. The van der Waals surface area contributed by atoms with Gasteiger partial charge in [0.05, 0.1) is 32.3 Å². The second-order valence-electron chi connectivity index (χ2n) is 7.83. The number of ether oxygens (including phenoxy) is 5. The molecule has 4 rings (SSSR count). The van der Waals surface area contributed by atoms with Gasteiger partial charge in [-0.1, -0.05) is 12.1 Å². The van der Waals surface area contributed by atoms with E-state index in [1.165, 1.54) is 14.1 Å². The molecular formula is C20H27NO9S. The summed E-state index contributed by atoms with van der Waals surface area (Å²) in [7, 11) is 0.315. The van der Waals surface area contributed by atoms with E-state index in [4.69, 9.17) is 27.9 Å². The summed E-state index contributed by atoms with van der Waals surface area (Å²) in [6, 6.07) is 7.18. The molecule has 0 amide bonds. The van der Waals surface area contributed by atoms with Gasteiger partial charge in [0.2, 0.25) is 0 Å². The molecule has 0 N–H and O–H groups in total. The smallest absolute Gasteiger partial charge is 0.338 e. The third kappa shape index (κ3) is 4.30. The molecule has 1 aromatic rings. The number of rotatable bonds is 7. The maximum atomic E-state index is 12.5. The largest absolute Gasteiger partial charge is 0.497 e. The summed E-state index contributed by atoms with van der Waals surface area (Å²) in [5.41, 5.74) is 0.744. The van der Waals surface area contributed by atoms with Crippen LogP contribution in [0, 0.1) is 11.8 Å². The average molecular weight is 458 g/mol. The van der Waals surface area contributed by atoms with Crippen LogP contribution in [0.5, 0.6) is 5.75 Å². The van der Waals surface area contributed by atoms with Crippen LogP contribution < -0.4 is 4.74 Å². The lowest BCUT2D eigenvalue weighted by molar-refractivity contribution is -0.297. The van der Waals surface area contributed by atoms with Gasteiger partial charge in [-0.05, 0) is 19.1 Å². The minimum absolute atomic E-state index is 0.169. The van der Waals surface area contributed by atoms with Gasteiger partial charge >= 0.3 is 16.3 Å². The molecule has 31 heavy (non-hydrogen) atoms. The Morgan fingerprint density at radius 3 is 2.48 bits per heavy atom. The minimum Gasteiger partial charge on any atom is -0.497 e. The van der Waals surface area contributed by atoms with E-state index in [-0.39, 0.29) is 13.2 Å². The maximum absolute atomic E-state index is 12.5. The number of nitrogens with zero attached hydrogens (tertiary/aromatic N) is 1. The average Bonchev–Trinajstić information content (AvgIpc) is 3.47.